The van der Waals surface area contributed by atoms with Gasteiger partial charge in [0.1, 0.15) is 0 Å². The van der Waals surface area contributed by atoms with Crippen molar-refractivity contribution in [2.24, 2.45) is 0 Å². The number of nitrogens with one attached hydrogen (secondary N) is 1. The molecule has 0 fully saturated rings. The smallest absolute Gasteiger partial charge is 0.297 e. The minimum atomic E-state index is -0.432. The summed E-state index contributed by atoms with van der Waals surface area (Å²) in [6.45, 7) is 1.17. The van der Waals surface area contributed by atoms with Crippen molar-refractivity contribution in [1.82, 2.24) is 9.99 Å². The number of aromatic nitrogens is 1. The summed E-state index contributed by atoms with van der Waals surface area (Å²) in [6.07, 6.45) is 1.54. The summed E-state index contributed by atoms with van der Waals surface area (Å²) in [6, 6.07) is 22.9. The van der Waals surface area contributed by atoms with E-state index in [0.717, 1.165) is 11.1 Å². The number of rotatable bonds is 7. The van der Waals surface area contributed by atoms with Gasteiger partial charge >= 0.3 is 5.69 Å². The summed E-state index contributed by atoms with van der Waals surface area (Å²) in [4.78, 5) is 14.9. The van der Waals surface area contributed by atoms with E-state index < -0.39 is 4.92 Å². The molecule has 0 radical (unpaired) electrons. The molecule has 0 unspecified atom stereocenters. The molecule has 0 amide bonds. The predicted molar refractivity (Wildman–Crippen MR) is 96.6 cm³/mol. The molecule has 0 spiro atoms. The van der Waals surface area contributed by atoms with Crippen LogP contribution in [0, 0.1) is 10.1 Å². The zero-order valence-electron chi connectivity index (χ0n) is 13.6. The van der Waals surface area contributed by atoms with Crippen LogP contribution in [0.25, 0.3) is 0 Å². The largest absolute Gasteiger partial charge is 0.312 e. The quantitative estimate of drug-likeness (QED) is 0.522. The number of hydrogen-bond acceptors (Lipinski definition) is 5. The standard InChI is InChI=1S/C19H18N4O2/c24-23(25)18-12-7-13-20-19(18)21-22(14-16-8-3-1-4-9-16)15-17-10-5-2-6-11-17/h1-13H,14-15H2,(H,20,21). The van der Waals surface area contributed by atoms with Crippen LogP contribution in [-0.4, -0.2) is 14.9 Å². The lowest BCUT2D eigenvalue weighted by Gasteiger charge is -2.23. The molecule has 0 aliphatic rings. The molecular weight excluding hydrogens is 316 g/mol. The van der Waals surface area contributed by atoms with Gasteiger partial charge in [-0.15, -0.1) is 0 Å². The van der Waals surface area contributed by atoms with E-state index in [1.807, 2.05) is 65.7 Å². The first kappa shape index (κ1) is 16.6. The Labute approximate surface area is 145 Å². The fraction of sp³-hybridized carbons (Fsp3) is 0.105. The SMILES string of the molecule is O=[N+]([O-])c1cccnc1NN(Cc1ccccc1)Cc1ccccc1. The van der Waals surface area contributed by atoms with Gasteiger partial charge in [-0.05, 0) is 17.2 Å². The van der Waals surface area contributed by atoms with Crippen LogP contribution in [0.4, 0.5) is 11.5 Å². The maximum absolute atomic E-state index is 11.2. The lowest BCUT2D eigenvalue weighted by Crippen LogP contribution is -2.29. The van der Waals surface area contributed by atoms with E-state index in [1.54, 1.807) is 12.3 Å². The second kappa shape index (κ2) is 8.03. The van der Waals surface area contributed by atoms with Crippen LogP contribution in [0.5, 0.6) is 0 Å². The van der Waals surface area contributed by atoms with E-state index in [9.17, 15) is 10.1 Å². The molecule has 6 nitrogen and oxygen atoms in total. The molecule has 3 rings (SSSR count). The third-order valence-corrected chi connectivity index (χ3v) is 3.68. The zero-order chi connectivity index (χ0) is 17.5. The summed E-state index contributed by atoms with van der Waals surface area (Å²) in [5.41, 5.74) is 5.26. The van der Waals surface area contributed by atoms with Crippen LogP contribution >= 0.6 is 0 Å². The first-order valence-electron chi connectivity index (χ1n) is 7.91. The number of anilines is 1. The van der Waals surface area contributed by atoms with E-state index in [1.165, 1.54) is 6.07 Å². The van der Waals surface area contributed by atoms with Gasteiger partial charge in [0.15, 0.2) is 0 Å². The number of benzene rings is 2. The second-order valence-corrected chi connectivity index (χ2v) is 5.57. The van der Waals surface area contributed by atoms with Crippen LogP contribution in [0.2, 0.25) is 0 Å². The molecule has 1 aromatic heterocycles. The molecule has 0 saturated heterocycles. The minimum Gasteiger partial charge on any atom is -0.297 e. The first-order valence-corrected chi connectivity index (χ1v) is 7.91. The average Bonchev–Trinajstić information content (AvgIpc) is 2.63. The number of hydrogen-bond donors (Lipinski definition) is 1. The van der Waals surface area contributed by atoms with Gasteiger partial charge in [-0.25, -0.2) is 9.99 Å². The van der Waals surface area contributed by atoms with Gasteiger partial charge in [-0.3, -0.25) is 15.5 Å². The summed E-state index contributed by atoms with van der Waals surface area (Å²) in [5.74, 6) is 0.236. The van der Waals surface area contributed by atoms with Gasteiger partial charge in [-0.2, -0.15) is 0 Å². The second-order valence-electron chi connectivity index (χ2n) is 5.57. The molecule has 1 N–H and O–H groups in total. The molecule has 0 bridgehead atoms. The van der Waals surface area contributed by atoms with Gasteiger partial charge in [0.25, 0.3) is 0 Å². The van der Waals surface area contributed by atoms with Crippen LogP contribution < -0.4 is 5.43 Å². The number of pyridine rings is 1. The van der Waals surface area contributed by atoms with Crippen LogP contribution in [-0.2, 0) is 13.1 Å². The molecule has 3 aromatic rings. The first-order chi connectivity index (χ1) is 12.2. The van der Waals surface area contributed by atoms with Crippen LogP contribution in [0.15, 0.2) is 79.0 Å². The Balaban J connectivity index is 1.84. The van der Waals surface area contributed by atoms with Gasteiger partial charge in [0.05, 0.1) is 4.92 Å². The Morgan fingerprint density at radius 1 is 0.880 bits per heavy atom. The topological polar surface area (TPSA) is 71.3 Å². The van der Waals surface area contributed by atoms with E-state index in [4.69, 9.17) is 0 Å². The van der Waals surface area contributed by atoms with Gasteiger partial charge in [-0.1, -0.05) is 60.7 Å². The van der Waals surface area contributed by atoms with E-state index in [2.05, 4.69) is 10.4 Å². The lowest BCUT2D eigenvalue weighted by molar-refractivity contribution is -0.384. The van der Waals surface area contributed by atoms with E-state index in [0.29, 0.717) is 13.1 Å². The van der Waals surface area contributed by atoms with Gasteiger partial charge in [0, 0.05) is 25.4 Å². The van der Waals surface area contributed by atoms with Gasteiger partial charge < -0.3 is 0 Å². The maximum Gasteiger partial charge on any atom is 0.312 e. The molecule has 0 aliphatic carbocycles. The lowest BCUT2D eigenvalue weighted by atomic mass is 10.2. The molecule has 25 heavy (non-hydrogen) atoms. The maximum atomic E-state index is 11.2. The number of nitrogens with zero attached hydrogens (tertiary/aromatic N) is 3. The summed E-state index contributed by atoms with van der Waals surface area (Å²) in [5, 5.41) is 13.1. The molecule has 1 heterocycles. The minimum absolute atomic E-state index is 0.0476. The van der Waals surface area contributed by atoms with Crippen molar-refractivity contribution in [1.29, 1.82) is 0 Å². The average molecular weight is 334 g/mol. The highest BCUT2D eigenvalue weighted by molar-refractivity contribution is 5.54. The Bertz CT molecular complexity index is 784. The third kappa shape index (κ3) is 4.62. The molecule has 6 heteroatoms. The van der Waals surface area contributed by atoms with Crippen molar-refractivity contribution in [3.8, 4) is 0 Å². The third-order valence-electron chi connectivity index (χ3n) is 3.68. The summed E-state index contributed by atoms with van der Waals surface area (Å²) < 4.78 is 0. The molecule has 0 saturated carbocycles. The Morgan fingerprint density at radius 3 is 1.96 bits per heavy atom. The Kier molecular flexibility index (Phi) is 5.33. The van der Waals surface area contributed by atoms with E-state index >= 15 is 0 Å². The van der Waals surface area contributed by atoms with Crippen molar-refractivity contribution in [3.63, 3.8) is 0 Å². The van der Waals surface area contributed by atoms with E-state index in [-0.39, 0.29) is 11.5 Å². The highest BCUT2D eigenvalue weighted by Crippen LogP contribution is 2.22. The number of hydrazine groups is 1. The monoisotopic (exact) mass is 334 g/mol. The van der Waals surface area contributed by atoms with Gasteiger partial charge in [0.2, 0.25) is 5.82 Å². The Hall–Kier alpha value is -3.25. The summed E-state index contributed by atoms with van der Waals surface area (Å²) >= 11 is 0. The molecule has 0 atom stereocenters. The molecule has 126 valence electrons. The van der Waals surface area contributed by atoms with Crippen molar-refractivity contribution in [3.05, 3.63) is 100 Å². The highest BCUT2D eigenvalue weighted by Gasteiger charge is 2.17. The normalized spacial score (nSPS) is 10.6. The van der Waals surface area contributed by atoms with Crippen molar-refractivity contribution in [2.45, 2.75) is 13.1 Å². The highest BCUT2D eigenvalue weighted by atomic mass is 16.6. The molecule has 2 aromatic carbocycles. The zero-order valence-corrected chi connectivity index (χ0v) is 13.6. The van der Waals surface area contributed by atoms with Crippen molar-refractivity contribution in [2.75, 3.05) is 5.43 Å². The fourth-order valence-corrected chi connectivity index (χ4v) is 2.52. The van der Waals surface area contributed by atoms with Crippen LogP contribution in [0.1, 0.15) is 11.1 Å². The van der Waals surface area contributed by atoms with Crippen LogP contribution in [0.3, 0.4) is 0 Å². The molecular formula is C19H18N4O2. The van der Waals surface area contributed by atoms with Crippen molar-refractivity contribution < 1.29 is 4.92 Å². The predicted octanol–water partition coefficient (Wildman–Crippen LogP) is 4.02. The number of nitro groups is 1. The molecule has 0 aliphatic heterocycles. The van der Waals surface area contributed by atoms with Crippen molar-refractivity contribution >= 4 is 11.5 Å². The summed E-state index contributed by atoms with van der Waals surface area (Å²) in [7, 11) is 0. The fourth-order valence-electron chi connectivity index (χ4n) is 2.52. The Morgan fingerprint density at radius 2 is 1.44 bits per heavy atom.